The van der Waals surface area contributed by atoms with Crippen molar-refractivity contribution in [1.82, 2.24) is 9.55 Å². The van der Waals surface area contributed by atoms with Crippen LogP contribution in [0.2, 0.25) is 0 Å². The molecule has 0 bridgehead atoms. The zero-order valence-corrected chi connectivity index (χ0v) is 20.2. The smallest absolute Gasteiger partial charge is 0.262 e. The van der Waals surface area contributed by atoms with Crippen LogP contribution in [0.15, 0.2) is 53.6 Å². The number of carbonyl (C=O) groups is 2. The maximum absolute atomic E-state index is 13.5. The first-order valence-corrected chi connectivity index (χ1v) is 11.6. The lowest BCUT2D eigenvalue weighted by Gasteiger charge is -2.13. The van der Waals surface area contributed by atoms with Gasteiger partial charge in [-0.2, -0.15) is 0 Å². The normalized spacial score (nSPS) is 10.9. The van der Waals surface area contributed by atoms with Crippen molar-refractivity contribution in [3.05, 3.63) is 81.0 Å². The van der Waals surface area contributed by atoms with Crippen LogP contribution in [0.4, 0.5) is 15.8 Å². The molecule has 0 aliphatic rings. The monoisotopic (exact) mass is 494 g/mol. The molecule has 0 spiro atoms. The molecule has 8 nitrogen and oxygen atoms in total. The lowest BCUT2D eigenvalue weighted by atomic mass is 10.2. The minimum atomic E-state index is -0.525. The Kier molecular flexibility index (Phi) is 6.92. The molecule has 0 radical (unpaired) electrons. The fourth-order valence-corrected chi connectivity index (χ4v) is 4.57. The largest absolute Gasteiger partial charge is 0.495 e. The van der Waals surface area contributed by atoms with E-state index in [0.717, 1.165) is 16.5 Å². The third kappa shape index (κ3) is 5.22. The second-order valence-electron chi connectivity index (χ2n) is 7.88. The molecule has 0 saturated heterocycles. The van der Waals surface area contributed by atoms with Crippen molar-refractivity contribution in [1.29, 1.82) is 0 Å². The average molecular weight is 495 g/mol. The molecule has 2 aromatic carbocycles. The number of halogens is 1. The number of benzene rings is 2. The molecule has 4 aromatic rings. The first kappa shape index (κ1) is 24.1. The van der Waals surface area contributed by atoms with E-state index in [9.17, 15) is 18.8 Å². The number of aromatic nitrogens is 2. The van der Waals surface area contributed by atoms with Crippen LogP contribution in [0.1, 0.15) is 27.2 Å². The van der Waals surface area contributed by atoms with Gasteiger partial charge in [0.15, 0.2) is 0 Å². The molecule has 2 N–H and O–H groups in total. The van der Waals surface area contributed by atoms with E-state index >= 15 is 0 Å². The summed E-state index contributed by atoms with van der Waals surface area (Å²) in [6.07, 6.45) is 1.51. The number of nitrogens with zero attached hydrogens (tertiary/aromatic N) is 2. The Morgan fingerprint density at radius 3 is 2.69 bits per heavy atom. The lowest BCUT2D eigenvalue weighted by Crippen LogP contribution is -2.23. The minimum Gasteiger partial charge on any atom is -0.495 e. The third-order valence-corrected chi connectivity index (χ3v) is 6.67. The predicted octanol–water partition coefficient (Wildman–Crippen LogP) is 4.50. The van der Waals surface area contributed by atoms with Crippen LogP contribution in [-0.4, -0.2) is 28.5 Å². The van der Waals surface area contributed by atoms with E-state index in [1.807, 2.05) is 13.8 Å². The second kappa shape index (κ2) is 10.1. The summed E-state index contributed by atoms with van der Waals surface area (Å²) < 4.78 is 20.2. The van der Waals surface area contributed by atoms with Crippen LogP contribution in [-0.2, 0) is 11.3 Å². The maximum Gasteiger partial charge on any atom is 0.262 e. The summed E-state index contributed by atoms with van der Waals surface area (Å²) in [5, 5.41) is 6.02. The van der Waals surface area contributed by atoms with Crippen molar-refractivity contribution < 1.29 is 18.7 Å². The van der Waals surface area contributed by atoms with Gasteiger partial charge in [-0.1, -0.05) is 6.07 Å². The van der Waals surface area contributed by atoms with E-state index in [2.05, 4.69) is 15.6 Å². The Labute approximate surface area is 204 Å². The number of aryl methyl sites for hydroxylation is 3. The topological polar surface area (TPSA) is 102 Å². The Morgan fingerprint density at radius 1 is 1.14 bits per heavy atom. The summed E-state index contributed by atoms with van der Waals surface area (Å²) in [5.41, 5.74) is 1.63. The van der Waals surface area contributed by atoms with Crippen LogP contribution in [0.5, 0.6) is 5.75 Å². The molecule has 2 amide bonds. The van der Waals surface area contributed by atoms with E-state index in [1.165, 1.54) is 47.5 Å². The van der Waals surface area contributed by atoms with Crippen LogP contribution in [0.3, 0.4) is 0 Å². The quantitative estimate of drug-likeness (QED) is 0.394. The van der Waals surface area contributed by atoms with Crippen molar-refractivity contribution in [2.24, 2.45) is 0 Å². The SMILES string of the molecule is COc1ccc(NC(=O)CCn2cnc3sc(C)c(C)c3c2=O)cc1NC(=O)c1cccc(F)c1. The number of nitrogens with one attached hydrogen (secondary N) is 2. The van der Waals surface area contributed by atoms with E-state index < -0.39 is 11.7 Å². The fraction of sp³-hybridized carbons (Fsp3) is 0.200. The molecule has 0 fully saturated rings. The van der Waals surface area contributed by atoms with E-state index in [0.29, 0.717) is 27.3 Å². The molecule has 2 aromatic heterocycles. The molecule has 10 heteroatoms. The van der Waals surface area contributed by atoms with Gasteiger partial charge in [-0.25, -0.2) is 9.37 Å². The Bertz CT molecular complexity index is 1490. The van der Waals surface area contributed by atoms with Crippen LogP contribution in [0.25, 0.3) is 10.2 Å². The number of rotatable bonds is 7. The van der Waals surface area contributed by atoms with Gasteiger partial charge in [0.2, 0.25) is 5.91 Å². The van der Waals surface area contributed by atoms with Crippen LogP contribution < -0.4 is 20.9 Å². The van der Waals surface area contributed by atoms with E-state index in [1.54, 1.807) is 18.2 Å². The number of thiophene rings is 1. The maximum atomic E-state index is 13.5. The number of hydrogen-bond acceptors (Lipinski definition) is 6. The summed E-state index contributed by atoms with van der Waals surface area (Å²) in [5.74, 6) is -0.987. The number of amides is 2. The molecule has 35 heavy (non-hydrogen) atoms. The standard InChI is InChI=1S/C25H23FN4O4S/c1-14-15(2)35-24-22(14)25(33)30(13-27-24)10-9-21(31)28-18-7-8-20(34-3)19(12-18)29-23(32)16-5-4-6-17(26)11-16/h4-8,11-13H,9-10H2,1-3H3,(H,28,31)(H,29,32). The summed E-state index contributed by atoms with van der Waals surface area (Å²) in [4.78, 5) is 44.0. The highest BCUT2D eigenvalue weighted by atomic mass is 32.1. The van der Waals surface area contributed by atoms with Gasteiger partial charge in [0.05, 0.1) is 24.5 Å². The summed E-state index contributed by atoms with van der Waals surface area (Å²) in [6.45, 7) is 4.01. The fourth-order valence-electron chi connectivity index (χ4n) is 3.58. The molecular weight excluding hydrogens is 471 g/mol. The van der Waals surface area contributed by atoms with Crippen molar-refractivity contribution in [2.45, 2.75) is 26.8 Å². The van der Waals surface area contributed by atoms with Gasteiger partial charge in [-0.15, -0.1) is 11.3 Å². The number of ether oxygens (including phenoxy) is 1. The third-order valence-electron chi connectivity index (χ3n) is 5.55. The molecule has 4 rings (SSSR count). The molecule has 0 unspecified atom stereocenters. The molecule has 0 aliphatic carbocycles. The van der Waals surface area contributed by atoms with Gasteiger partial charge in [0.1, 0.15) is 16.4 Å². The van der Waals surface area contributed by atoms with E-state index in [4.69, 9.17) is 4.74 Å². The first-order valence-electron chi connectivity index (χ1n) is 10.8. The molecule has 0 saturated carbocycles. The molecule has 180 valence electrons. The van der Waals surface area contributed by atoms with Crippen molar-refractivity contribution in [2.75, 3.05) is 17.7 Å². The Balaban J connectivity index is 1.45. The Morgan fingerprint density at radius 2 is 1.94 bits per heavy atom. The average Bonchev–Trinajstić information content (AvgIpc) is 3.12. The number of hydrogen-bond donors (Lipinski definition) is 2. The Hall–Kier alpha value is -4.05. The predicted molar refractivity (Wildman–Crippen MR) is 134 cm³/mol. The molecule has 0 atom stereocenters. The van der Waals surface area contributed by atoms with Crippen molar-refractivity contribution in [3.8, 4) is 5.75 Å². The minimum absolute atomic E-state index is 0.0479. The van der Waals surface area contributed by atoms with Gasteiger partial charge >= 0.3 is 0 Å². The summed E-state index contributed by atoms with van der Waals surface area (Å²) >= 11 is 1.47. The first-order chi connectivity index (χ1) is 16.8. The number of carbonyl (C=O) groups excluding carboxylic acids is 2. The van der Waals surface area contributed by atoms with E-state index in [-0.39, 0.29) is 30.0 Å². The number of anilines is 2. The zero-order valence-electron chi connectivity index (χ0n) is 19.3. The highest BCUT2D eigenvalue weighted by Gasteiger charge is 2.14. The van der Waals surface area contributed by atoms with Gasteiger partial charge in [0, 0.05) is 29.1 Å². The van der Waals surface area contributed by atoms with Crippen LogP contribution >= 0.6 is 11.3 Å². The zero-order chi connectivity index (χ0) is 25.1. The highest BCUT2D eigenvalue weighted by Crippen LogP contribution is 2.29. The van der Waals surface area contributed by atoms with Gasteiger partial charge in [-0.3, -0.25) is 19.0 Å². The molecule has 0 aliphatic heterocycles. The van der Waals surface area contributed by atoms with Crippen LogP contribution in [0, 0.1) is 19.7 Å². The van der Waals surface area contributed by atoms with Gasteiger partial charge < -0.3 is 15.4 Å². The molecular formula is C25H23FN4O4S. The van der Waals surface area contributed by atoms with Crippen molar-refractivity contribution in [3.63, 3.8) is 0 Å². The van der Waals surface area contributed by atoms with Gasteiger partial charge in [0.25, 0.3) is 11.5 Å². The van der Waals surface area contributed by atoms with Crippen molar-refractivity contribution >= 4 is 44.7 Å². The number of fused-ring (bicyclic) bond motifs is 1. The van der Waals surface area contributed by atoms with Gasteiger partial charge in [-0.05, 0) is 55.8 Å². The molecule has 2 heterocycles. The summed E-state index contributed by atoms with van der Waals surface area (Å²) in [7, 11) is 1.45. The number of methoxy groups -OCH3 is 1. The lowest BCUT2D eigenvalue weighted by molar-refractivity contribution is -0.116. The second-order valence-corrected chi connectivity index (χ2v) is 9.09. The summed E-state index contributed by atoms with van der Waals surface area (Å²) in [6, 6.07) is 10.1. The highest BCUT2D eigenvalue weighted by molar-refractivity contribution is 7.18.